The van der Waals surface area contributed by atoms with E-state index in [0.29, 0.717) is 6.54 Å². The molecule has 19 heavy (non-hydrogen) atoms. The van der Waals surface area contributed by atoms with Gasteiger partial charge in [-0.2, -0.15) is 0 Å². The molecule has 0 radical (unpaired) electrons. The van der Waals surface area contributed by atoms with E-state index in [-0.39, 0.29) is 0 Å². The highest BCUT2D eigenvalue weighted by molar-refractivity contribution is 9.10. The number of nitrogens with two attached hydrogens (primary N) is 1. The Morgan fingerprint density at radius 3 is 2.68 bits per heavy atom. The Bertz CT molecular complexity index is 556. The van der Waals surface area contributed by atoms with Crippen molar-refractivity contribution >= 4 is 44.6 Å². The van der Waals surface area contributed by atoms with Crippen LogP contribution in [-0.4, -0.2) is 13.6 Å². The maximum Gasteiger partial charge on any atom is 0.0931 e. The van der Waals surface area contributed by atoms with E-state index in [9.17, 15) is 0 Å². The maximum absolute atomic E-state index is 5.96. The van der Waals surface area contributed by atoms with Crippen LogP contribution in [0.2, 0.25) is 4.34 Å². The first kappa shape index (κ1) is 14.9. The summed E-state index contributed by atoms with van der Waals surface area (Å²) in [5, 5.41) is 0. The van der Waals surface area contributed by atoms with Crippen molar-refractivity contribution in [3.05, 3.63) is 49.6 Å². The Balaban J connectivity index is 2.12. The third-order valence-electron chi connectivity index (χ3n) is 2.88. The van der Waals surface area contributed by atoms with Gasteiger partial charge in [0, 0.05) is 16.4 Å². The molecule has 1 aromatic heterocycles. The zero-order chi connectivity index (χ0) is 13.8. The van der Waals surface area contributed by atoms with E-state index in [2.05, 4.69) is 52.1 Å². The molecule has 2 nitrogen and oxygen atoms in total. The van der Waals surface area contributed by atoms with E-state index in [1.807, 2.05) is 6.07 Å². The fraction of sp³-hybridized carbons (Fsp3) is 0.286. The minimum Gasteiger partial charge on any atom is -0.369 e. The van der Waals surface area contributed by atoms with Gasteiger partial charge in [0.2, 0.25) is 0 Å². The molecule has 0 unspecified atom stereocenters. The second-order valence-electron chi connectivity index (χ2n) is 4.39. The third kappa shape index (κ3) is 3.96. The van der Waals surface area contributed by atoms with E-state index in [0.717, 1.165) is 21.8 Å². The number of halogens is 2. The molecular formula is C14H16BrClN2S. The van der Waals surface area contributed by atoms with Crippen molar-refractivity contribution < 1.29 is 0 Å². The van der Waals surface area contributed by atoms with Crippen LogP contribution in [0.15, 0.2) is 34.8 Å². The van der Waals surface area contributed by atoms with E-state index >= 15 is 0 Å². The van der Waals surface area contributed by atoms with Crippen LogP contribution in [-0.2, 0) is 13.0 Å². The molecule has 102 valence electrons. The lowest BCUT2D eigenvalue weighted by Crippen LogP contribution is -2.16. The molecular weight excluding hydrogens is 344 g/mol. The number of nitrogens with zero attached hydrogens (tertiary/aromatic N) is 1. The first-order chi connectivity index (χ1) is 9.10. The molecule has 1 heterocycles. The molecule has 0 aliphatic carbocycles. The third-order valence-corrected chi connectivity index (χ3v) is 4.73. The fourth-order valence-corrected chi connectivity index (χ4v) is 3.81. The van der Waals surface area contributed by atoms with E-state index < -0.39 is 0 Å². The van der Waals surface area contributed by atoms with E-state index in [4.69, 9.17) is 17.3 Å². The maximum atomic E-state index is 5.96. The standard InChI is InChI=1S/C14H16BrClN2S/c1-18(9-11-3-5-14(16)19-11)13-4-2-10(6-7-17)8-12(13)15/h2-5,8H,6-7,9,17H2,1H3. The summed E-state index contributed by atoms with van der Waals surface area (Å²) in [5.74, 6) is 0. The van der Waals surface area contributed by atoms with Crippen LogP contribution in [0.1, 0.15) is 10.4 Å². The van der Waals surface area contributed by atoms with Gasteiger partial charge in [0.05, 0.1) is 16.6 Å². The first-order valence-corrected chi connectivity index (χ1v) is 8.02. The Hall–Kier alpha value is -0.550. The van der Waals surface area contributed by atoms with Gasteiger partial charge in [-0.15, -0.1) is 11.3 Å². The van der Waals surface area contributed by atoms with Crippen molar-refractivity contribution in [3.8, 4) is 0 Å². The highest BCUT2D eigenvalue weighted by Crippen LogP contribution is 2.29. The fourth-order valence-electron chi connectivity index (χ4n) is 1.94. The van der Waals surface area contributed by atoms with E-state index in [1.54, 1.807) is 11.3 Å². The van der Waals surface area contributed by atoms with Gasteiger partial charge in [0.25, 0.3) is 0 Å². The summed E-state index contributed by atoms with van der Waals surface area (Å²) in [4.78, 5) is 3.46. The summed E-state index contributed by atoms with van der Waals surface area (Å²) in [5.41, 5.74) is 8.00. The second kappa shape index (κ2) is 6.75. The lowest BCUT2D eigenvalue weighted by Gasteiger charge is -2.20. The van der Waals surface area contributed by atoms with Gasteiger partial charge >= 0.3 is 0 Å². The molecule has 5 heteroatoms. The van der Waals surface area contributed by atoms with Crippen LogP contribution in [0.25, 0.3) is 0 Å². The van der Waals surface area contributed by atoms with Crippen molar-refractivity contribution in [1.29, 1.82) is 0 Å². The summed E-state index contributed by atoms with van der Waals surface area (Å²) in [7, 11) is 2.08. The lowest BCUT2D eigenvalue weighted by molar-refractivity contribution is 0.929. The minimum absolute atomic E-state index is 0.676. The van der Waals surface area contributed by atoms with Crippen molar-refractivity contribution in [2.24, 2.45) is 5.73 Å². The highest BCUT2D eigenvalue weighted by Gasteiger charge is 2.08. The van der Waals surface area contributed by atoms with Gasteiger partial charge in [-0.05, 0) is 58.7 Å². The quantitative estimate of drug-likeness (QED) is 0.862. The van der Waals surface area contributed by atoms with Gasteiger partial charge in [0.15, 0.2) is 0 Å². The van der Waals surface area contributed by atoms with Gasteiger partial charge in [-0.25, -0.2) is 0 Å². The molecule has 0 amide bonds. The Morgan fingerprint density at radius 1 is 1.32 bits per heavy atom. The molecule has 0 saturated carbocycles. The van der Waals surface area contributed by atoms with E-state index in [1.165, 1.54) is 16.1 Å². The van der Waals surface area contributed by atoms with Crippen LogP contribution in [0.3, 0.4) is 0 Å². The van der Waals surface area contributed by atoms with Crippen LogP contribution in [0, 0.1) is 0 Å². The lowest BCUT2D eigenvalue weighted by atomic mass is 10.1. The number of benzene rings is 1. The van der Waals surface area contributed by atoms with Crippen LogP contribution in [0.5, 0.6) is 0 Å². The number of anilines is 1. The zero-order valence-electron chi connectivity index (χ0n) is 10.7. The molecule has 0 spiro atoms. The largest absolute Gasteiger partial charge is 0.369 e. The number of rotatable bonds is 5. The predicted octanol–water partition coefficient (Wildman–Crippen LogP) is 4.30. The minimum atomic E-state index is 0.676. The molecule has 0 saturated heterocycles. The zero-order valence-corrected chi connectivity index (χ0v) is 13.9. The van der Waals surface area contributed by atoms with Crippen LogP contribution < -0.4 is 10.6 Å². The average Bonchev–Trinajstić information content (AvgIpc) is 2.75. The predicted molar refractivity (Wildman–Crippen MR) is 88.3 cm³/mol. The van der Waals surface area contributed by atoms with Crippen LogP contribution in [0.4, 0.5) is 5.69 Å². The van der Waals surface area contributed by atoms with Gasteiger partial charge in [0.1, 0.15) is 0 Å². The molecule has 1 aromatic carbocycles. The van der Waals surface area contributed by atoms with Gasteiger partial charge in [-0.3, -0.25) is 0 Å². The summed E-state index contributed by atoms with van der Waals surface area (Å²) >= 11 is 11.2. The molecule has 0 fully saturated rings. The Kier molecular flexibility index (Phi) is 5.28. The highest BCUT2D eigenvalue weighted by atomic mass is 79.9. The summed E-state index contributed by atoms with van der Waals surface area (Å²) in [6.45, 7) is 1.53. The van der Waals surface area contributed by atoms with Crippen molar-refractivity contribution in [3.63, 3.8) is 0 Å². The number of thiophene rings is 1. The smallest absolute Gasteiger partial charge is 0.0931 e. The van der Waals surface area contributed by atoms with Crippen molar-refractivity contribution in [2.75, 3.05) is 18.5 Å². The molecule has 2 N–H and O–H groups in total. The first-order valence-electron chi connectivity index (χ1n) is 6.04. The Labute approximate surface area is 131 Å². The second-order valence-corrected chi connectivity index (χ2v) is 7.04. The topological polar surface area (TPSA) is 29.3 Å². The summed E-state index contributed by atoms with van der Waals surface area (Å²) < 4.78 is 1.93. The molecule has 2 rings (SSSR count). The number of hydrogen-bond donors (Lipinski definition) is 1. The van der Waals surface area contributed by atoms with Gasteiger partial charge in [-0.1, -0.05) is 17.7 Å². The number of hydrogen-bond acceptors (Lipinski definition) is 3. The average molecular weight is 360 g/mol. The SMILES string of the molecule is CN(Cc1ccc(Cl)s1)c1ccc(CCN)cc1Br. The monoisotopic (exact) mass is 358 g/mol. The van der Waals surface area contributed by atoms with Crippen LogP contribution >= 0.6 is 38.9 Å². The summed E-state index contributed by atoms with van der Waals surface area (Å²) in [6.07, 6.45) is 0.906. The van der Waals surface area contributed by atoms with Crippen molar-refractivity contribution in [1.82, 2.24) is 0 Å². The van der Waals surface area contributed by atoms with Crippen molar-refractivity contribution in [2.45, 2.75) is 13.0 Å². The normalized spacial score (nSPS) is 10.7. The molecule has 2 aromatic rings. The molecule has 0 atom stereocenters. The summed E-state index contributed by atoms with van der Waals surface area (Å²) in [6, 6.07) is 10.4. The molecule has 0 aliphatic heterocycles. The molecule has 0 aliphatic rings. The Morgan fingerprint density at radius 2 is 2.11 bits per heavy atom. The van der Waals surface area contributed by atoms with Gasteiger partial charge < -0.3 is 10.6 Å². The molecule has 0 bridgehead atoms.